The van der Waals surface area contributed by atoms with E-state index in [1.165, 1.54) is 12.0 Å². The first-order valence-electron chi connectivity index (χ1n) is 15.9. The van der Waals surface area contributed by atoms with E-state index in [1.807, 2.05) is 127 Å². The Morgan fingerprint density at radius 1 is 0.447 bits per heavy atom. The van der Waals surface area contributed by atoms with Gasteiger partial charge in [0.25, 0.3) is 0 Å². The predicted molar refractivity (Wildman–Crippen MR) is 183 cm³/mol. The quantitative estimate of drug-likeness (QED) is 0.0996. The van der Waals surface area contributed by atoms with E-state index < -0.39 is 30.7 Å². The van der Waals surface area contributed by atoms with Gasteiger partial charge in [-0.3, -0.25) is 4.18 Å². The van der Waals surface area contributed by atoms with Crippen LogP contribution in [-0.4, -0.2) is 37.3 Å². The largest absolute Gasteiger partial charge is 0.374 e. The third-order valence-corrected chi connectivity index (χ3v) is 8.57. The zero-order chi connectivity index (χ0) is 31.9. The fourth-order valence-electron chi connectivity index (χ4n) is 5.40. The van der Waals surface area contributed by atoms with E-state index >= 15 is 0 Å². The Morgan fingerprint density at radius 2 is 0.851 bits per heavy atom. The Morgan fingerprint density at radius 3 is 1.34 bits per heavy atom. The van der Waals surface area contributed by atoms with Gasteiger partial charge in [0.2, 0.25) is 0 Å². The number of hydrogen-bond acceptors (Lipinski definition) is 7. The second kappa shape index (κ2) is 17.9. The molecule has 5 aromatic rings. The molecule has 0 aliphatic carbocycles. The molecule has 5 atom stereocenters. The first kappa shape index (κ1) is 33.1. The van der Waals surface area contributed by atoms with Crippen LogP contribution >= 0.6 is 12.0 Å². The van der Waals surface area contributed by atoms with Crippen LogP contribution in [0.25, 0.3) is 0 Å². The van der Waals surface area contributed by atoms with Crippen molar-refractivity contribution >= 4 is 12.0 Å². The molecule has 0 N–H and O–H groups in total. The van der Waals surface area contributed by atoms with Gasteiger partial charge in [-0.05, 0) is 34.4 Å². The topological polar surface area (TPSA) is 55.4 Å². The number of benzene rings is 5. The molecule has 6 nitrogen and oxygen atoms in total. The average molecular weight is 649 g/mol. The summed E-state index contributed by atoms with van der Waals surface area (Å²) >= 11 is 1.26. The highest BCUT2D eigenvalue weighted by Crippen LogP contribution is 2.34. The molecule has 5 aromatic carbocycles. The second-order valence-electron chi connectivity index (χ2n) is 11.3. The van der Waals surface area contributed by atoms with Crippen LogP contribution in [0.4, 0.5) is 0 Å². The lowest BCUT2D eigenvalue weighted by Gasteiger charge is -2.45. The van der Waals surface area contributed by atoms with Gasteiger partial charge in [0.15, 0.2) is 6.29 Å². The van der Waals surface area contributed by atoms with Gasteiger partial charge >= 0.3 is 0 Å². The number of hydrogen-bond donors (Lipinski definition) is 0. The van der Waals surface area contributed by atoms with Gasteiger partial charge in [0.05, 0.1) is 33.0 Å². The van der Waals surface area contributed by atoms with Crippen molar-refractivity contribution in [3.05, 3.63) is 174 Å². The normalized spacial score (nSPS) is 21.0. The molecular formula is C40H40O6S. The van der Waals surface area contributed by atoms with Crippen molar-refractivity contribution in [3.63, 3.8) is 0 Å². The lowest BCUT2D eigenvalue weighted by Crippen LogP contribution is -2.61. The van der Waals surface area contributed by atoms with Crippen molar-refractivity contribution in [1.29, 1.82) is 0 Å². The summed E-state index contributed by atoms with van der Waals surface area (Å²) in [5.41, 5.74) is 4.23. The lowest BCUT2D eigenvalue weighted by atomic mass is 9.98. The predicted octanol–water partition coefficient (Wildman–Crippen LogP) is 8.41. The molecule has 0 radical (unpaired) electrons. The summed E-state index contributed by atoms with van der Waals surface area (Å²) in [6.07, 6.45) is -2.94. The Balaban J connectivity index is 1.29. The summed E-state index contributed by atoms with van der Waals surface area (Å²) < 4.78 is 39.6. The van der Waals surface area contributed by atoms with Crippen LogP contribution < -0.4 is 0 Å². The lowest BCUT2D eigenvalue weighted by molar-refractivity contribution is -0.307. The van der Waals surface area contributed by atoms with Gasteiger partial charge in [-0.1, -0.05) is 140 Å². The van der Waals surface area contributed by atoms with Crippen molar-refractivity contribution in [3.8, 4) is 0 Å². The molecule has 1 fully saturated rings. The van der Waals surface area contributed by atoms with Gasteiger partial charge in [0.1, 0.15) is 24.4 Å². The number of rotatable bonds is 16. The van der Waals surface area contributed by atoms with Crippen molar-refractivity contribution in [2.24, 2.45) is 0 Å². The minimum atomic E-state index is -0.772. The summed E-state index contributed by atoms with van der Waals surface area (Å²) in [6, 6.07) is 50.4. The Bertz CT molecular complexity index is 1560. The number of ether oxygens (including phenoxy) is 5. The standard InChI is InChI=1S/C40H40O6S/c1-6-16-31(17-7-1)26-41-30-36-37(42-27-32-18-8-2-9-19-32)38(43-28-33-20-10-3-11-21-33)39(44-29-34-22-12-4-13-23-34)40(45-36)46-47-35-24-14-5-15-25-35/h1-25,36-40H,26-30H2/t36-,37-,38+,39-,40+/m1/s1. The van der Waals surface area contributed by atoms with Gasteiger partial charge in [-0.25, -0.2) is 0 Å². The zero-order valence-corrected chi connectivity index (χ0v) is 27.0. The highest BCUT2D eigenvalue weighted by Gasteiger charge is 2.49. The SMILES string of the molecule is c1ccc(COC[C@H]2O[C@@H](OSc3ccccc3)[C@H](OCc3ccccc3)[C@@H](OCc3ccccc3)[C@@H]2OCc2ccccc2)cc1. The van der Waals surface area contributed by atoms with E-state index in [9.17, 15) is 0 Å². The van der Waals surface area contributed by atoms with Crippen LogP contribution in [-0.2, 0) is 54.3 Å². The molecule has 1 aliphatic heterocycles. The van der Waals surface area contributed by atoms with Crippen LogP contribution in [0.15, 0.2) is 157 Å². The molecule has 0 spiro atoms. The first-order chi connectivity index (χ1) is 23.3. The van der Waals surface area contributed by atoms with Gasteiger partial charge in [-0.15, -0.1) is 0 Å². The summed E-state index contributed by atoms with van der Waals surface area (Å²) in [4.78, 5) is 0.957. The molecule has 242 valence electrons. The second-order valence-corrected chi connectivity index (χ2v) is 12.2. The van der Waals surface area contributed by atoms with Crippen molar-refractivity contribution < 1.29 is 27.9 Å². The van der Waals surface area contributed by atoms with Crippen LogP contribution in [0.3, 0.4) is 0 Å². The fraction of sp³-hybridized carbons (Fsp3) is 0.250. The van der Waals surface area contributed by atoms with Crippen LogP contribution in [0.2, 0.25) is 0 Å². The monoisotopic (exact) mass is 648 g/mol. The zero-order valence-electron chi connectivity index (χ0n) is 26.2. The van der Waals surface area contributed by atoms with Crippen molar-refractivity contribution in [1.82, 2.24) is 0 Å². The van der Waals surface area contributed by atoms with E-state index in [4.69, 9.17) is 27.9 Å². The van der Waals surface area contributed by atoms with E-state index in [-0.39, 0.29) is 6.61 Å². The summed E-state index contributed by atoms with van der Waals surface area (Å²) in [5.74, 6) is 0. The molecule has 6 rings (SSSR count). The average Bonchev–Trinajstić information content (AvgIpc) is 3.14. The molecule has 47 heavy (non-hydrogen) atoms. The summed E-state index contributed by atoms with van der Waals surface area (Å²) in [7, 11) is 0. The smallest absolute Gasteiger partial charge is 0.200 e. The summed E-state index contributed by atoms with van der Waals surface area (Å²) in [5, 5.41) is 0. The molecule has 7 heteroatoms. The van der Waals surface area contributed by atoms with E-state index in [0.29, 0.717) is 26.4 Å². The molecule has 0 unspecified atom stereocenters. The minimum Gasteiger partial charge on any atom is -0.374 e. The minimum absolute atomic E-state index is 0.279. The van der Waals surface area contributed by atoms with E-state index in [1.54, 1.807) is 0 Å². The van der Waals surface area contributed by atoms with Crippen molar-refractivity contribution in [2.75, 3.05) is 6.61 Å². The third kappa shape index (κ3) is 10.1. The maximum Gasteiger partial charge on any atom is 0.200 e. The van der Waals surface area contributed by atoms with E-state index in [2.05, 4.69) is 24.3 Å². The van der Waals surface area contributed by atoms with Crippen LogP contribution in [0.1, 0.15) is 22.3 Å². The molecule has 1 aliphatic rings. The van der Waals surface area contributed by atoms with Crippen LogP contribution in [0.5, 0.6) is 0 Å². The Labute approximate surface area is 281 Å². The molecule has 1 saturated heterocycles. The summed E-state index contributed by atoms with van der Waals surface area (Å²) in [6.45, 7) is 1.83. The first-order valence-corrected chi connectivity index (χ1v) is 16.7. The molecule has 0 amide bonds. The molecule has 0 bridgehead atoms. The fourth-order valence-corrected chi connectivity index (χ4v) is 6.03. The van der Waals surface area contributed by atoms with E-state index in [0.717, 1.165) is 27.1 Å². The third-order valence-electron chi connectivity index (χ3n) is 7.82. The molecule has 0 aromatic heterocycles. The van der Waals surface area contributed by atoms with Crippen molar-refractivity contribution in [2.45, 2.75) is 62.0 Å². The highest BCUT2D eigenvalue weighted by atomic mass is 32.2. The highest BCUT2D eigenvalue weighted by molar-refractivity contribution is 7.94. The molecular weight excluding hydrogens is 609 g/mol. The maximum atomic E-state index is 6.77. The van der Waals surface area contributed by atoms with Crippen LogP contribution in [0, 0.1) is 0 Å². The molecule has 0 saturated carbocycles. The van der Waals surface area contributed by atoms with Gasteiger partial charge < -0.3 is 23.7 Å². The Hall–Kier alpha value is -3.79. The Kier molecular flexibility index (Phi) is 12.6. The van der Waals surface area contributed by atoms with Gasteiger partial charge in [0, 0.05) is 16.9 Å². The maximum absolute atomic E-state index is 6.77. The molecule has 1 heterocycles. The van der Waals surface area contributed by atoms with Gasteiger partial charge in [-0.2, -0.15) is 0 Å².